The van der Waals surface area contributed by atoms with Crippen LogP contribution in [0.25, 0.3) is 0 Å². The number of hydrogen-bond donors (Lipinski definition) is 1. The van der Waals surface area contributed by atoms with Crippen LogP contribution in [-0.4, -0.2) is 56.3 Å². The van der Waals surface area contributed by atoms with E-state index in [1.165, 1.54) is 6.20 Å². The number of ether oxygens (including phenoxy) is 2. The van der Waals surface area contributed by atoms with Crippen LogP contribution in [0.3, 0.4) is 0 Å². The molecule has 10 nitrogen and oxygen atoms in total. The van der Waals surface area contributed by atoms with Crippen molar-refractivity contribution >= 4 is 44.3 Å². The average molecular weight is 566 g/mol. The molecule has 13 heteroatoms. The number of halogens is 2. The molecule has 0 aliphatic carbocycles. The zero-order valence-corrected chi connectivity index (χ0v) is 22.3. The molecule has 196 valence electrons. The molecule has 4 rings (SSSR count). The molecule has 1 aliphatic rings. The highest BCUT2D eigenvalue weighted by molar-refractivity contribution is 8.04. The molecule has 2 aromatic heterocycles. The molecule has 1 aliphatic heterocycles. The van der Waals surface area contributed by atoms with Crippen LogP contribution in [0.5, 0.6) is 11.8 Å². The van der Waals surface area contributed by atoms with Crippen LogP contribution in [-0.2, 0) is 27.6 Å². The second-order valence-electron chi connectivity index (χ2n) is 8.13. The summed E-state index contributed by atoms with van der Waals surface area (Å²) in [5, 5.41) is 3.69. The number of amides is 1. The van der Waals surface area contributed by atoms with Gasteiger partial charge < -0.3 is 19.7 Å². The predicted molar refractivity (Wildman–Crippen MR) is 140 cm³/mol. The molecule has 1 aromatic carbocycles. The molecule has 37 heavy (non-hydrogen) atoms. The molecule has 1 N–H and O–H groups in total. The first kappa shape index (κ1) is 27.1. The van der Waals surface area contributed by atoms with Crippen molar-refractivity contribution in [1.29, 1.82) is 0 Å². The third-order valence-electron chi connectivity index (χ3n) is 5.69. The Balaban J connectivity index is 1.51. The Kier molecular flexibility index (Phi) is 9.51. The molecule has 1 amide bonds. The van der Waals surface area contributed by atoms with Crippen LogP contribution in [0.1, 0.15) is 34.5 Å². The first-order valence-corrected chi connectivity index (χ1v) is 13.7. The Morgan fingerprint density at radius 2 is 2.03 bits per heavy atom. The minimum absolute atomic E-state index is 0.106. The van der Waals surface area contributed by atoms with E-state index in [9.17, 15) is 9.00 Å². The molecule has 3 heterocycles. The summed E-state index contributed by atoms with van der Waals surface area (Å²) in [6, 6.07) is 11.0. The minimum atomic E-state index is -1.87. The van der Waals surface area contributed by atoms with Crippen LogP contribution < -0.4 is 14.8 Å². The lowest BCUT2D eigenvalue weighted by molar-refractivity contribution is 0.0620. The highest BCUT2D eigenvalue weighted by Crippen LogP contribution is 2.26. The summed E-state index contributed by atoms with van der Waals surface area (Å²) in [6.45, 7) is 1.36. The maximum Gasteiger partial charge on any atom is 0.318 e. The second-order valence-corrected chi connectivity index (χ2v) is 9.87. The van der Waals surface area contributed by atoms with E-state index in [0.717, 1.165) is 11.3 Å². The van der Waals surface area contributed by atoms with Gasteiger partial charge in [0, 0.05) is 42.7 Å². The fourth-order valence-electron chi connectivity index (χ4n) is 3.79. The highest BCUT2D eigenvalue weighted by Gasteiger charge is 2.27. The first-order chi connectivity index (χ1) is 17.9. The quantitative estimate of drug-likeness (QED) is 0.361. The normalized spacial score (nSPS) is 14.7. The maximum atomic E-state index is 13.4. The number of nitrogens with one attached hydrogen (secondary N) is 1. The molecule has 1 unspecified atom stereocenters. The van der Waals surface area contributed by atoms with E-state index < -0.39 is 10.3 Å². The van der Waals surface area contributed by atoms with Crippen molar-refractivity contribution in [2.45, 2.75) is 32.1 Å². The van der Waals surface area contributed by atoms with Gasteiger partial charge in [0.05, 0.1) is 23.9 Å². The van der Waals surface area contributed by atoms with Gasteiger partial charge in [-0.15, -0.1) is 0 Å². The SMILES string of the molecule is COc1ccc(CNc2nc(OCc3ccccn3)ncc2C(=O)N2CCC(OS(=O)Cl)CC2)cc1Cl. The largest absolute Gasteiger partial charge is 0.495 e. The summed E-state index contributed by atoms with van der Waals surface area (Å²) in [6.07, 6.45) is 3.89. The fraction of sp³-hybridized carbons (Fsp3) is 0.333. The van der Waals surface area contributed by atoms with E-state index >= 15 is 0 Å². The number of hydrogen-bond acceptors (Lipinski definition) is 9. The first-order valence-electron chi connectivity index (χ1n) is 11.4. The van der Waals surface area contributed by atoms with Gasteiger partial charge in [-0.25, -0.2) is 9.19 Å². The fourth-order valence-corrected chi connectivity index (χ4v) is 4.78. The van der Waals surface area contributed by atoms with Crippen LogP contribution in [0.2, 0.25) is 5.02 Å². The Morgan fingerprint density at radius 1 is 1.22 bits per heavy atom. The minimum Gasteiger partial charge on any atom is -0.495 e. The summed E-state index contributed by atoms with van der Waals surface area (Å²) in [5.41, 5.74) is 1.88. The molecule has 1 saturated heterocycles. The monoisotopic (exact) mass is 565 g/mol. The predicted octanol–water partition coefficient (Wildman–Crippen LogP) is 4.16. The number of piperidine rings is 1. The summed E-state index contributed by atoms with van der Waals surface area (Å²) >= 11 is 6.26. The van der Waals surface area contributed by atoms with Crippen molar-refractivity contribution in [3.8, 4) is 11.8 Å². The van der Waals surface area contributed by atoms with Crippen molar-refractivity contribution in [1.82, 2.24) is 19.9 Å². The number of nitrogens with zero attached hydrogens (tertiary/aromatic N) is 4. The maximum absolute atomic E-state index is 13.4. The standard InChI is InChI=1S/C24H25Cl2N5O5S/c1-34-21-6-5-16(12-20(21)25)13-28-22-19(23(32)31-10-7-18(8-11-31)36-37(26)33)14-29-24(30-22)35-15-17-4-2-3-9-27-17/h2-6,9,12,14,18H,7-8,10-11,13,15H2,1H3,(H,28,29,30). The molecule has 1 fully saturated rings. The molecule has 3 aromatic rings. The van der Waals surface area contributed by atoms with E-state index in [4.69, 9.17) is 35.9 Å². The highest BCUT2D eigenvalue weighted by atomic mass is 35.7. The third kappa shape index (κ3) is 7.51. The lowest BCUT2D eigenvalue weighted by Crippen LogP contribution is -2.41. The number of carbonyl (C=O) groups excluding carboxylic acids is 1. The lowest BCUT2D eigenvalue weighted by Gasteiger charge is -2.31. The van der Waals surface area contributed by atoms with Gasteiger partial charge in [-0.05, 0) is 42.7 Å². The Bertz CT molecular complexity index is 1250. The Morgan fingerprint density at radius 3 is 2.70 bits per heavy atom. The van der Waals surface area contributed by atoms with Gasteiger partial charge in [-0.1, -0.05) is 23.7 Å². The Hall–Kier alpha value is -2.99. The number of pyridine rings is 1. The molecule has 0 spiro atoms. The van der Waals surface area contributed by atoms with Gasteiger partial charge in [0.1, 0.15) is 23.7 Å². The van der Waals surface area contributed by atoms with E-state index in [1.807, 2.05) is 24.3 Å². The molecule has 1 atom stereocenters. The molecule has 0 radical (unpaired) electrons. The van der Waals surface area contributed by atoms with Crippen molar-refractivity contribution in [3.05, 3.63) is 70.6 Å². The average Bonchev–Trinajstić information content (AvgIpc) is 2.91. The summed E-state index contributed by atoms with van der Waals surface area (Å²) in [4.78, 5) is 28.0. The molecular formula is C24H25Cl2N5O5S. The Labute approximate surface area is 226 Å². The zero-order chi connectivity index (χ0) is 26.2. The third-order valence-corrected chi connectivity index (χ3v) is 6.63. The number of carbonyl (C=O) groups is 1. The summed E-state index contributed by atoms with van der Waals surface area (Å²) in [5.74, 6) is 0.652. The van der Waals surface area contributed by atoms with E-state index in [1.54, 1.807) is 30.3 Å². The number of aromatic nitrogens is 3. The van der Waals surface area contributed by atoms with E-state index in [0.29, 0.717) is 54.6 Å². The number of methoxy groups -OCH3 is 1. The number of likely N-dealkylation sites (tertiary alicyclic amines) is 1. The smallest absolute Gasteiger partial charge is 0.318 e. The molecule has 0 saturated carbocycles. The number of benzene rings is 1. The van der Waals surface area contributed by atoms with Crippen molar-refractivity contribution in [2.24, 2.45) is 0 Å². The van der Waals surface area contributed by atoms with Gasteiger partial charge in [-0.3, -0.25) is 14.0 Å². The van der Waals surface area contributed by atoms with Gasteiger partial charge in [0.25, 0.3) is 16.2 Å². The molecule has 0 bridgehead atoms. The van der Waals surface area contributed by atoms with Crippen molar-refractivity contribution < 1.29 is 22.7 Å². The van der Waals surface area contributed by atoms with Crippen molar-refractivity contribution in [3.63, 3.8) is 0 Å². The second kappa shape index (κ2) is 13.0. The number of anilines is 1. The van der Waals surface area contributed by atoms with Crippen LogP contribution in [0, 0.1) is 0 Å². The van der Waals surface area contributed by atoms with Crippen LogP contribution in [0.4, 0.5) is 5.82 Å². The summed E-state index contributed by atoms with van der Waals surface area (Å²) < 4.78 is 27.2. The van der Waals surface area contributed by atoms with Gasteiger partial charge in [0.2, 0.25) is 0 Å². The van der Waals surface area contributed by atoms with Crippen molar-refractivity contribution in [2.75, 3.05) is 25.5 Å². The van der Waals surface area contributed by atoms with E-state index in [-0.39, 0.29) is 24.6 Å². The van der Waals surface area contributed by atoms with Gasteiger partial charge in [-0.2, -0.15) is 4.98 Å². The summed E-state index contributed by atoms with van der Waals surface area (Å²) in [7, 11) is 5.12. The lowest BCUT2D eigenvalue weighted by atomic mass is 10.1. The zero-order valence-electron chi connectivity index (χ0n) is 19.9. The topological polar surface area (TPSA) is 116 Å². The van der Waals surface area contributed by atoms with Crippen LogP contribution >= 0.6 is 22.3 Å². The van der Waals surface area contributed by atoms with Gasteiger partial charge in [0.15, 0.2) is 0 Å². The van der Waals surface area contributed by atoms with Gasteiger partial charge >= 0.3 is 6.01 Å². The van der Waals surface area contributed by atoms with Crippen LogP contribution in [0.15, 0.2) is 48.8 Å². The number of rotatable bonds is 10. The van der Waals surface area contributed by atoms with E-state index in [2.05, 4.69) is 20.3 Å². The molecular weight excluding hydrogens is 541 g/mol.